The van der Waals surface area contributed by atoms with Gasteiger partial charge in [-0.3, -0.25) is 9.59 Å². The third-order valence-electron chi connectivity index (χ3n) is 2.22. The highest BCUT2D eigenvalue weighted by Crippen LogP contribution is 2.19. The van der Waals surface area contributed by atoms with Gasteiger partial charge in [0.1, 0.15) is 6.42 Å². The molecule has 18 heavy (non-hydrogen) atoms. The minimum atomic E-state index is -0.406. The average molecular weight is 315 g/mol. The van der Waals surface area contributed by atoms with Crippen LogP contribution in [0, 0.1) is 6.92 Å². The Bertz CT molecular complexity index is 449. The Kier molecular flexibility index (Phi) is 5.80. The SMILES string of the molecule is Cc1cc(Br)ccc1NC(=O)CC(=O)NCCO. The molecule has 0 aliphatic rings. The number of hydrogen-bond acceptors (Lipinski definition) is 3. The van der Waals surface area contributed by atoms with Gasteiger partial charge in [-0.2, -0.15) is 0 Å². The Morgan fingerprint density at radius 3 is 2.67 bits per heavy atom. The van der Waals surface area contributed by atoms with E-state index in [-0.39, 0.29) is 25.5 Å². The molecular formula is C12H15BrN2O3. The summed E-state index contributed by atoms with van der Waals surface area (Å²) in [6.45, 7) is 1.88. The van der Waals surface area contributed by atoms with E-state index in [1.807, 2.05) is 19.1 Å². The van der Waals surface area contributed by atoms with E-state index in [2.05, 4.69) is 26.6 Å². The van der Waals surface area contributed by atoms with Crippen LogP contribution in [0.5, 0.6) is 0 Å². The summed E-state index contributed by atoms with van der Waals surface area (Å²) in [5.41, 5.74) is 1.59. The fourth-order valence-corrected chi connectivity index (χ4v) is 1.84. The van der Waals surface area contributed by atoms with Crippen molar-refractivity contribution in [1.82, 2.24) is 5.32 Å². The van der Waals surface area contributed by atoms with Gasteiger partial charge in [-0.1, -0.05) is 15.9 Å². The minimum Gasteiger partial charge on any atom is -0.395 e. The largest absolute Gasteiger partial charge is 0.395 e. The number of nitrogens with one attached hydrogen (secondary N) is 2. The molecule has 0 unspecified atom stereocenters. The molecule has 0 aliphatic carbocycles. The highest BCUT2D eigenvalue weighted by Gasteiger charge is 2.10. The molecule has 1 aromatic carbocycles. The standard InChI is InChI=1S/C12H15BrN2O3/c1-8-6-9(13)2-3-10(8)15-12(18)7-11(17)14-4-5-16/h2-3,6,16H,4-5,7H2,1H3,(H,14,17)(H,15,18). The molecule has 1 aromatic rings. The maximum absolute atomic E-state index is 11.6. The van der Waals surface area contributed by atoms with Gasteiger partial charge >= 0.3 is 0 Å². The van der Waals surface area contributed by atoms with Crippen LogP contribution in [0.2, 0.25) is 0 Å². The maximum Gasteiger partial charge on any atom is 0.233 e. The number of aryl methyl sites for hydroxylation is 1. The number of aliphatic hydroxyl groups is 1. The van der Waals surface area contributed by atoms with Gasteiger partial charge in [0.05, 0.1) is 6.61 Å². The molecule has 0 heterocycles. The first-order valence-corrected chi connectivity index (χ1v) is 6.26. The predicted molar refractivity (Wildman–Crippen MR) is 72.2 cm³/mol. The highest BCUT2D eigenvalue weighted by molar-refractivity contribution is 9.10. The van der Waals surface area contributed by atoms with Crippen molar-refractivity contribution >= 4 is 33.4 Å². The van der Waals surface area contributed by atoms with Crippen LogP contribution in [0.3, 0.4) is 0 Å². The number of benzene rings is 1. The van der Waals surface area contributed by atoms with Gasteiger partial charge in [-0.15, -0.1) is 0 Å². The van der Waals surface area contributed by atoms with E-state index in [1.165, 1.54) is 0 Å². The summed E-state index contributed by atoms with van der Waals surface area (Å²) in [4.78, 5) is 22.8. The van der Waals surface area contributed by atoms with Crippen molar-refractivity contribution in [3.8, 4) is 0 Å². The van der Waals surface area contributed by atoms with Crippen LogP contribution in [-0.4, -0.2) is 30.1 Å². The Morgan fingerprint density at radius 1 is 1.33 bits per heavy atom. The zero-order valence-corrected chi connectivity index (χ0v) is 11.6. The van der Waals surface area contributed by atoms with Gasteiger partial charge in [0, 0.05) is 16.7 Å². The second-order valence-electron chi connectivity index (χ2n) is 3.76. The molecule has 6 heteroatoms. The summed E-state index contributed by atoms with van der Waals surface area (Å²) in [7, 11) is 0. The fraction of sp³-hybridized carbons (Fsp3) is 0.333. The third-order valence-corrected chi connectivity index (χ3v) is 2.71. The molecule has 0 aromatic heterocycles. The Labute approximate surface area is 114 Å². The number of carbonyl (C=O) groups excluding carboxylic acids is 2. The number of halogens is 1. The summed E-state index contributed by atoms with van der Waals surface area (Å²) in [6, 6.07) is 5.46. The van der Waals surface area contributed by atoms with Gasteiger partial charge in [0.15, 0.2) is 0 Å². The second kappa shape index (κ2) is 7.13. The smallest absolute Gasteiger partial charge is 0.233 e. The van der Waals surface area contributed by atoms with E-state index in [1.54, 1.807) is 6.07 Å². The Morgan fingerprint density at radius 2 is 2.06 bits per heavy atom. The lowest BCUT2D eigenvalue weighted by atomic mass is 10.2. The number of carbonyl (C=O) groups is 2. The molecule has 0 radical (unpaired) electrons. The van der Waals surface area contributed by atoms with Gasteiger partial charge < -0.3 is 15.7 Å². The van der Waals surface area contributed by atoms with Crippen molar-refractivity contribution < 1.29 is 14.7 Å². The number of hydrogen-bond donors (Lipinski definition) is 3. The van der Waals surface area contributed by atoms with Crippen LogP contribution in [-0.2, 0) is 9.59 Å². The molecule has 0 bridgehead atoms. The molecule has 2 amide bonds. The van der Waals surface area contributed by atoms with Gasteiger partial charge in [-0.05, 0) is 30.7 Å². The molecule has 0 spiro atoms. The first kappa shape index (κ1) is 14.7. The van der Waals surface area contributed by atoms with Crippen molar-refractivity contribution in [2.24, 2.45) is 0 Å². The molecule has 98 valence electrons. The lowest BCUT2D eigenvalue weighted by molar-refractivity contribution is -0.126. The number of anilines is 1. The van der Waals surface area contributed by atoms with E-state index in [4.69, 9.17) is 5.11 Å². The maximum atomic E-state index is 11.6. The second-order valence-corrected chi connectivity index (χ2v) is 4.67. The van der Waals surface area contributed by atoms with Crippen molar-refractivity contribution in [3.63, 3.8) is 0 Å². The minimum absolute atomic E-state index is 0.140. The zero-order chi connectivity index (χ0) is 13.5. The molecule has 0 saturated heterocycles. The topological polar surface area (TPSA) is 78.4 Å². The van der Waals surface area contributed by atoms with Crippen molar-refractivity contribution in [3.05, 3.63) is 28.2 Å². The molecule has 3 N–H and O–H groups in total. The van der Waals surface area contributed by atoms with Crippen LogP contribution >= 0.6 is 15.9 Å². The quantitative estimate of drug-likeness (QED) is 0.714. The van der Waals surface area contributed by atoms with E-state index < -0.39 is 5.91 Å². The summed E-state index contributed by atoms with van der Waals surface area (Å²) in [5, 5.41) is 13.6. The number of amides is 2. The van der Waals surface area contributed by atoms with E-state index in [0.29, 0.717) is 5.69 Å². The van der Waals surface area contributed by atoms with Crippen LogP contribution in [0.1, 0.15) is 12.0 Å². The lowest BCUT2D eigenvalue weighted by Gasteiger charge is -2.08. The molecular weight excluding hydrogens is 300 g/mol. The Hall–Kier alpha value is -1.40. The molecule has 5 nitrogen and oxygen atoms in total. The van der Waals surface area contributed by atoms with Crippen LogP contribution in [0.25, 0.3) is 0 Å². The molecule has 1 rings (SSSR count). The number of aliphatic hydroxyl groups excluding tert-OH is 1. The first-order valence-electron chi connectivity index (χ1n) is 5.46. The third kappa shape index (κ3) is 4.85. The highest BCUT2D eigenvalue weighted by atomic mass is 79.9. The molecule has 0 atom stereocenters. The van der Waals surface area contributed by atoms with Crippen molar-refractivity contribution in [2.45, 2.75) is 13.3 Å². The van der Waals surface area contributed by atoms with Gasteiger partial charge in [0.2, 0.25) is 11.8 Å². The summed E-state index contributed by atoms with van der Waals surface area (Å²) >= 11 is 3.33. The normalized spacial score (nSPS) is 9.94. The van der Waals surface area contributed by atoms with Crippen LogP contribution in [0.4, 0.5) is 5.69 Å². The average Bonchev–Trinajstić information content (AvgIpc) is 2.30. The van der Waals surface area contributed by atoms with E-state index in [9.17, 15) is 9.59 Å². The fourth-order valence-electron chi connectivity index (χ4n) is 1.37. The van der Waals surface area contributed by atoms with Crippen molar-refractivity contribution in [2.75, 3.05) is 18.5 Å². The molecule has 0 fully saturated rings. The summed E-state index contributed by atoms with van der Waals surface area (Å²) in [6.07, 6.45) is -0.254. The van der Waals surface area contributed by atoms with Gasteiger partial charge in [-0.25, -0.2) is 0 Å². The van der Waals surface area contributed by atoms with E-state index in [0.717, 1.165) is 10.0 Å². The van der Waals surface area contributed by atoms with Crippen LogP contribution in [0.15, 0.2) is 22.7 Å². The number of rotatable bonds is 5. The zero-order valence-electron chi connectivity index (χ0n) is 10.00. The van der Waals surface area contributed by atoms with Gasteiger partial charge in [0.25, 0.3) is 0 Å². The lowest BCUT2D eigenvalue weighted by Crippen LogP contribution is -2.30. The molecule has 0 saturated carbocycles. The van der Waals surface area contributed by atoms with Crippen molar-refractivity contribution in [1.29, 1.82) is 0 Å². The summed E-state index contributed by atoms with van der Waals surface area (Å²) in [5.74, 6) is -0.785. The predicted octanol–water partition coefficient (Wildman–Crippen LogP) is 1.19. The molecule has 0 aliphatic heterocycles. The monoisotopic (exact) mass is 314 g/mol. The van der Waals surface area contributed by atoms with Crippen LogP contribution < -0.4 is 10.6 Å². The van der Waals surface area contributed by atoms with E-state index >= 15 is 0 Å². The Balaban J connectivity index is 2.51. The summed E-state index contributed by atoms with van der Waals surface area (Å²) < 4.78 is 0.929. The first-order chi connectivity index (χ1) is 8.52.